The summed E-state index contributed by atoms with van der Waals surface area (Å²) in [6.45, 7) is 0. The summed E-state index contributed by atoms with van der Waals surface area (Å²) in [5.41, 5.74) is 1.32. The van der Waals surface area contributed by atoms with E-state index in [1.807, 2.05) is 5.38 Å². The fraction of sp³-hybridized carbons (Fsp3) is 0. The summed E-state index contributed by atoms with van der Waals surface area (Å²) < 4.78 is 0.695. The van der Waals surface area contributed by atoms with Crippen molar-refractivity contribution < 1.29 is 4.79 Å². The van der Waals surface area contributed by atoms with Crippen LogP contribution in [0.4, 0.5) is 5.69 Å². The first-order valence-corrected chi connectivity index (χ1v) is 6.57. The summed E-state index contributed by atoms with van der Waals surface area (Å²) >= 11 is 10.7. The summed E-state index contributed by atoms with van der Waals surface area (Å²) in [7, 11) is 0. The third-order valence-electron chi connectivity index (χ3n) is 1.98. The number of carbonyl (C=O) groups is 1. The van der Waals surface area contributed by atoms with Gasteiger partial charge in [0.15, 0.2) is 0 Å². The molecule has 0 bridgehead atoms. The quantitative estimate of drug-likeness (QED) is 0.873. The number of thiophene rings is 1. The highest BCUT2D eigenvalue weighted by Gasteiger charge is 2.09. The lowest BCUT2D eigenvalue weighted by atomic mass is 10.3. The number of amides is 1. The van der Waals surface area contributed by atoms with Gasteiger partial charge in [-0.3, -0.25) is 4.79 Å². The molecule has 0 spiro atoms. The number of benzene rings is 1. The maximum atomic E-state index is 11.8. The van der Waals surface area contributed by atoms with Crippen LogP contribution in [0.1, 0.15) is 10.4 Å². The van der Waals surface area contributed by atoms with E-state index in [2.05, 4.69) is 21.2 Å². The zero-order valence-corrected chi connectivity index (χ0v) is 11.2. The van der Waals surface area contributed by atoms with Crippen molar-refractivity contribution in [2.45, 2.75) is 0 Å². The topological polar surface area (TPSA) is 29.1 Å². The van der Waals surface area contributed by atoms with E-state index in [1.165, 1.54) is 11.3 Å². The standard InChI is InChI=1S/C11H7BrClNOS/c12-10-8(13)2-1-3-9(10)14-11(15)7-4-5-16-6-7/h1-6H,(H,14,15). The minimum absolute atomic E-state index is 0.135. The Morgan fingerprint density at radius 2 is 2.19 bits per heavy atom. The normalized spacial score (nSPS) is 10.1. The lowest BCUT2D eigenvalue weighted by Gasteiger charge is -2.07. The zero-order valence-electron chi connectivity index (χ0n) is 8.04. The first-order chi connectivity index (χ1) is 7.68. The Morgan fingerprint density at radius 3 is 2.88 bits per heavy atom. The number of nitrogens with one attached hydrogen (secondary N) is 1. The van der Waals surface area contributed by atoms with Crippen LogP contribution in [0.3, 0.4) is 0 Å². The third-order valence-corrected chi connectivity index (χ3v) is 4.06. The molecule has 0 fully saturated rings. The number of hydrogen-bond acceptors (Lipinski definition) is 2. The first kappa shape index (κ1) is 11.6. The van der Waals surface area contributed by atoms with Gasteiger partial charge in [-0.1, -0.05) is 17.7 Å². The van der Waals surface area contributed by atoms with Crippen LogP contribution in [-0.2, 0) is 0 Å². The highest BCUT2D eigenvalue weighted by Crippen LogP contribution is 2.30. The van der Waals surface area contributed by atoms with E-state index in [0.717, 1.165) is 0 Å². The van der Waals surface area contributed by atoms with Gasteiger partial charge in [-0.15, -0.1) is 0 Å². The van der Waals surface area contributed by atoms with Crippen LogP contribution in [0.5, 0.6) is 0 Å². The average Bonchev–Trinajstić information content (AvgIpc) is 2.78. The summed E-state index contributed by atoms with van der Waals surface area (Å²) in [5.74, 6) is -0.135. The van der Waals surface area contributed by atoms with Crippen LogP contribution >= 0.6 is 38.9 Å². The molecule has 2 rings (SSSR count). The minimum atomic E-state index is -0.135. The van der Waals surface area contributed by atoms with E-state index in [0.29, 0.717) is 20.7 Å². The molecular weight excluding hydrogens is 310 g/mol. The van der Waals surface area contributed by atoms with Gasteiger partial charge in [0.2, 0.25) is 0 Å². The van der Waals surface area contributed by atoms with Gasteiger partial charge in [-0.25, -0.2) is 0 Å². The second kappa shape index (κ2) is 4.99. The molecule has 1 heterocycles. The molecule has 0 aliphatic heterocycles. The highest BCUT2D eigenvalue weighted by molar-refractivity contribution is 9.10. The molecule has 0 saturated carbocycles. The minimum Gasteiger partial charge on any atom is -0.321 e. The maximum absolute atomic E-state index is 11.8. The van der Waals surface area contributed by atoms with Crippen LogP contribution < -0.4 is 5.32 Å². The van der Waals surface area contributed by atoms with E-state index in [1.54, 1.807) is 29.6 Å². The smallest absolute Gasteiger partial charge is 0.256 e. The number of anilines is 1. The zero-order chi connectivity index (χ0) is 11.5. The Balaban J connectivity index is 2.22. The molecule has 1 amide bonds. The number of rotatable bonds is 2. The summed E-state index contributed by atoms with van der Waals surface area (Å²) in [6, 6.07) is 7.11. The molecule has 1 aromatic heterocycles. The van der Waals surface area contributed by atoms with Crippen molar-refractivity contribution in [3.05, 3.63) is 50.1 Å². The number of hydrogen-bond donors (Lipinski definition) is 1. The second-order valence-corrected chi connectivity index (χ2v) is 5.05. The predicted molar refractivity (Wildman–Crippen MR) is 71.4 cm³/mol. The van der Waals surface area contributed by atoms with Gasteiger partial charge in [0, 0.05) is 5.38 Å². The molecule has 0 aliphatic carbocycles. The molecule has 1 aromatic carbocycles. The van der Waals surface area contributed by atoms with Crippen molar-refractivity contribution in [1.29, 1.82) is 0 Å². The fourth-order valence-electron chi connectivity index (χ4n) is 1.19. The van der Waals surface area contributed by atoms with E-state index in [-0.39, 0.29) is 5.91 Å². The van der Waals surface area contributed by atoms with E-state index < -0.39 is 0 Å². The predicted octanol–water partition coefficient (Wildman–Crippen LogP) is 4.42. The molecule has 2 aromatic rings. The molecule has 16 heavy (non-hydrogen) atoms. The van der Waals surface area contributed by atoms with Crippen molar-refractivity contribution in [1.82, 2.24) is 0 Å². The van der Waals surface area contributed by atoms with Crippen LogP contribution in [-0.4, -0.2) is 5.91 Å². The second-order valence-electron chi connectivity index (χ2n) is 3.07. The van der Waals surface area contributed by atoms with Crippen molar-refractivity contribution in [2.24, 2.45) is 0 Å². The summed E-state index contributed by atoms with van der Waals surface area (Å²) in [6.07, 6.45) is 0. The first-order valence-electron chi connectivity index (χ1n) is 4.46. The molecule has 0 radical (unpaired) electrons. The molecule has 0 unspecified atom stereocenters. The summed E-state index contributed by atoms with van der Waals surface area (Å²) in [5, 5.41) is 7.02. The lowest BCUT2D eigenvalue weighted by Crippen LogP contribution is -2.11. The highest BCUT2D eigenvalue weighted by atomic mass is 79.9. The van der Waals surface area contributed by atoms with Gasteiger partial charge in [-0.05, 0) is 39.5 Å². The molecule has 0 saturated heterocycles. The van der Waals surface area contributed by atoms with Crippen LogP contribution in [0.25, 0.3) is 0 Å². The van der Waals surface area contributed by atoms with Crippen molar-refractivity contribution in [3.63, 3.8) is 0 Å². The Labute approximate surface area is 110 Å². The Hall–Kier alpha value is -0.840. The maximum Gasteiger partial charge on any atom is 0.256 e. The third kappa shape index (κ3) is 2.45. The van der Waals surface area contributed by atoms with Gasteiger partial charge >= 0.3 is 0 Å². The van der Waals surface area contributed by atoms with Gasteiger partial charge in [0.1, 0.15) is 0 Å². The van der Waals surface area contributed by atoms with Gasteiger partial charge < -0.3 is 5.32 Å². The molecule has 82 valence electrons. The van der Waals surface area contributed by atoms with E-state index in [4.69, 9.17) is 11.6 Å². The van der Waals surface area contributed by atoms with Crippen LogP contribution in [0.15, 0.2) is 39.5 Å². The Bertz CT molecular complexity index is 513. The van der Waals surface area contributed by atoms with Gasteiger partial charge in [-0.2, -0.15) is 11.3 Å². The molecule has 0 atom stereocenters. The van der Waals surface area contributed by atoms with Crippen LogP contribution in [0.2, 0.25) is 5.02 Å². The number of halogens is 2. The Morgan fingerprint density at radius 1 is 1.38 bits per heavy atom. The molecule has 5 heteroatoms. The summed E-state index contributed by atoms with van der Waals surface area (Å²) in [4.78, 5) is 11.8. The van der Waals surface area contributed by atoms with Crippen molar-refractivity contribution in [3.8, 4) is 0 Å². The van der Waals surface area contributed by atoms with Crippen molar-refractivity contribution in [2.75, 3.05) is 5.32 Å². The molecule has 1 N–H and O–H groups in total. The molecular formula is C11H7BrClNOS. The van der Waals surface area contributed by atoms with Crippen LogP contribution in [0, 0.1) is 0 Å². The molecule has 2 nitrogen and oxygen atoms in total. The molecule has 0 aliphatic rings. The fourth-order valence-corrected chi connectivity index (χ4v) is 2.36. The van der Waals surface area contributed by atoms with Gasteiger partial charge in [0.05, 0.1) is 20.7 Å². The largest absolute Gasteiger partial charge is 0.321 e. The van der Waals surface area contributed by atoms with E-state index >= 15 is 0 Å². The lowest BCUT2D eigenvalue weighted by molar-refractivity contribution is 0.102. The SMILES string of the molecule is O=C(Nc1cccc(Cl)c1Br)c1ccsc1. The van der Waals surface area contributed by atoms with E-state index in [9.17, 15) is 4.79 Å². The number of carbonyl (C=O) groups excluding carboxylic acids is 1. The van der Waals surface area contributed by atoms with Gasteiger partial charge in [0.25, 0.3) is 5.91 Å². The van der Waals surface area contributed by atoms with Crippen molar-refractivity contribution >= 4 is 50.5 Å². The average molecular weight is 317 g/mol. The Kier molecular flexibility index (Phi) is 3.63. The monoisotopic (exact) mass is 315 g/mol.